The maximum absolute atomic E-state index is 11.9. The van der Waals surface area contributed by atoms with Crippen LogP contribution in [0.3, 0.4) is 0 Å². The topological polar surface area (TPSA) is 26.3 Å². The van der Waals surface area contributed by atoms with E-state index < -0.39 is 17.8 Å². The summed E-state index contributed by atoms with van der Waals surface area (Å²) in [6.07, 6.45) is 0. The number of halogens is 3. The van der Waals surface area contributed by atoms with Crippen LogP contribution in [0, 0.1) is 5.92 Å². The first-order valence-electron chi connectivity index (χ1n) is 5.16. The molecule has 0 heterocycles. The molecule has 0 amide bonds. The highest BCUT2D eigenvalue weighted by Gasteiger charge is 2.22. The van der Waals surface area contributed by atoms with Gasteiger partial charge in [-0.2, -0.15) is 8.78 Å². The van der Waals surface area contributed by atoms with Gasteiger partial charge in [0.1, 0.15) is 5.75 Å². The minimum absolute atomic E-state index is 0.0434. The largest absolute Gasteiger partial charge is 0.435 e. The number of benzene rings is 1. The van der Waals surface area contributed by atoms with Crippen LogP contribution in [0.15, 0.2) is 24.3 Å². The summed E-state index contributed by atoms with van der Waals surface area (Å²) in [5.41, 5.74) is 0.696. The van der Waals surface area contributed by atoms with Gasteiger partial charge >= 0.3 is 6.61 Å². The maximum Gasteiger partial charge on any atom is 0.387 e. The molecular formula is C12H13ClF2O2. The Kier molecular flexibility index (Phi) is 4.87. The van der Waals surface area contributed by atoms with Crippen LogP contribution in [0.2, 0.25) is 0 Å². The van der Waals surface area contributed by atoms with E-state index >= 15 is 0 Å². The number of carbonyl (C=O) groups excluding carboxylic acids is 1. The van der Waals surface area contributed by atoms with Gasteiger partial charge in [0.2, 0.25) is 5.24 Å². The molecule has 1 aromatic carbocycles. The van der Waals surface area contributed by atoms with Crippen molar-refractivity contribution >= 4 is 16.8 Å². The van der Waals surface area contributed by atoms with Gasteiger partial charge in [0.15, 0.2) is 0 Å². The number of rotatable bonds is 5. The molecule has 0 unspecified atom stereocenters. The van der Waals surface area contributed by atoms with E-state index in [1.54, 1.807) is 12.1 Å². The van der Waals surface area contributed by atoms with Gasteiger partial charge in [-0.05, 0) is 35.2 Å². The third-order valence-corrected chi connectivity index (χ3v) is 2.61. The Balaban J connectivity index is 2.88. The van der Waals surface area contributed by atoms with Crippen molar-refractivity contribution in [3.05, 3.63) is 29.8 Å². The summed E-state index contributed by atoms with van der Waals surface area (Å²) in [6, 6.07) is 5.94. The lowest BCUT2D eigenvalue weighted by atomic mass is 9.89. The highest BCUT2D eigenvalue weighted by molar-refractivity contribution is 6.64. The summed E-state index contributed by atoms with van der Waals surface area (Å²) in [6.45, 7) is 0.889. The summed E-state index contributed by atoms with van der Waals surface area (Å²) < 4.78 is 28.1. The molecule has 2 nitrogen and oxygen atoms in total. The summed E-state index contributed by atoms with van der Waals surface area (Å²) in [4.78, 5) is 11.3. The molecule has 0 saturated carbocycles. The van der Waals surface area contributed by atoms with Crippen molar-refractivity contribution < 1.29 is 18.3 Å². The van der Waals surface area contributed by atoms with Gasteiger partial charge in [-0.15, -0.1) is 0 Å². The average Bonchev–Trinajstić information content (AvgIpc) is 2.18. The number of carbonyl (C=O) groups is 1. The fourth-order valence-corrected chi connectivity index (χ4v) is 2.01. The van der Waals surface area contributed by atoms with Crippen LogP contribution < -0.4 is 4.74 Å². The number of hydrogen-bond acceptors (Lipinski definition) is 2. The van der Waals surface area contributed by atoms with Gasteiger partial charge in [-0.25, -0.2) is 0 Å². The Morgan fingerprint density at radius 2 is 1.76 bits per heavy atom. The van der Waals surface area contributed by atoms with Gasteiger partial charge in [0.05, 0.1) is 5.92 Å². The molecule has 0 aliphatic carbocycles. The fourth-order valence-electron chi connectivity index (χ4n) is 1.63. The molecule has 0 aliphatic rings. The minimum atomic E-state index is -2.85. The fraction of sp³-hybridized carbons (Fsp3) is 0.417. The summed E-state index contributed by atoms with van der Waals surface area (Å²) in [7, 11) is 0. The van der Waals surface area contributed by atoms with E-state index in [-0.39, 0.29) is 11.7 Å². The number of hydrogen-bond donors (Lipinski definition) is 0. The van der Waals surface area contributed by atoms with Crippen molar-refractivity contribution in [2.45, 2.75) is 26.4 Å². The first-order valence-corrected chi connectivity index (χ1v) is 5.53. The first-order chi connectivity index (χ1) is 7.91. The Morgan fingerprint density at radius 3 is 2.12 bits per heavy atom. The van der Waals surface area contributed by atoms with Gasteiger partial charge in [0.25, 0.3) is 0 Å². The van der Waals surface area contributed by atoms with Crippen molar-refractivity contribution in [2.24, 2.45) is 5.92 Å². The van der Waals surface area contributed by atoms with Crippen LogP contribution >= 0.6 is 11.6 Å². The molecule has 0 aromatic heterocycles. The second-order valence-electron chi connectivity index (χ2n) is 3.97. The predicted octanol–water partition coefficient (Wildman–Crippen LogP) is 3.79. The molecule has 1 atom stereocenters. The lowest BCUT2D eigenvalue weighted by Crippen LogP contribution is -2.13. The van der Waals surface area contributed by atoms with Crippen LogP contribution in [-0.4, -0.2) is 11.9 Å². The smallest absolute Gasteiger partial charge is 0.387 e. The molecule has 0 bridgehead atoms. The lowest BCUT2D eigenvalue weighted by Gasteiger charge is -2.17. The summed E-state index contributed by atoms with van der Waals surface area (Å²) in [5.74, 6) is -0.326. The average molecular weight is 263 g/mol. The van der Waals surface area contributed by atoms with Crippen molar-refractivity contribution in [2.75, 3.05) is 0 Å². The second kappa shape index (κ2) is 5.96. The molecule has 0 spiro atoms. The lowest BCUT2D eigenvalue weighted by molar-refractivity contribution is -0.113. The second-order valence-corrected chi connectivity index (χ2v) is 4.35. The van der Waals surface area contributed by atoms with Crippen molar-refractivity contribution in [3.8, 4) is 5.75 Å². The Morgan fingerprint density at radius 1 is 1.24 bits per heavy atom. The van der Waals surface area contributed by atoms with E-state index in [1.807, 2.05) is 13.8 Å². The molecule has 5 heteroatoms. The molecular weight excluding hydrogens is 250 g/mol. The van der Waals surface area contributed by atoms with E-state index in [1.165, 1.54) is 12.1 Å². The van der Waals surface area contributed by atoms with Gasteiger partial charge < -0.3 is 4.74 Å². The molecule has 1 aromatic rings. The Hall–Kier alpha value is -1.16. The van der Waals surface area contributed by atoms with Gasteiger partial charge in [0, 0.05) is 0 Å². The van der Waals surface area contributed by atoms with Crippen LogP contribution in [-0.2, 0) is 4.79 Å². The highest BCUT2D eigenvalue weighted by Crippen LogP contribution is 2.28. The SMILES string of the molecule is CC(C)[C@H](C(=O)Cl)c1ccc(OC(F)F)cc1. The molecule has 94 valence electrons. The molecule has 0 aliphatic heterocycles. The quantitative estimate of drug-likeness (QED) is 0.755. The van der Waals surface area contributed by atoms with Crippen molar-refractivity contribution in [1.29, 1.82) is 0 Å². The standard InChI is InChI=1S/C12H13ClF2O2/c1-7(2)10(11(13)16)8-3-5-9(6-4-8)17-12(14)15/h3-7,10,12H,1-2H3/t10-/m0/s1. The maximum atomic E-state index is 11.9. The molecule has 17 heavy (non-hydrogen) atoms. The van der Waals surface area contributed by atoms with E-state index in [0.29, 0.717) is 5.56 Å². The molecule has 0 radical (unpaired) electrons. The first kappa shape index (κ1) is 13.9. The summed E-state index contributed by atoms with van der Waals surface area (Å²) in [5, 5.41) is -0.456. The van der Waals surface area contributed by atoms with E-state index in [2.05, 4.69) is 4.74 Å². The third kappa shape index (κ3) is 3.97. The van der Waals surface area contributed by atoms with Gasteiger partial charge in [-0.3, -0.25) is 4.79 Å². The normalized spacial score (nSPS) is 12.9. The van der Waals surface area contributed by atoms with Crippen LogP contribution in [0.25, 0.3) is 0 Å². The molecule has 0 fully saturated rings. The minimum Gasteiger partial charge on any atom is -0.435 e. The Labute approximate surface area is 104 Å². The summed E-state index contributed by atoms with van der Waals surface area (Å²) >= 11 is 5.51. The molecule has 0 saturated heterocycles. The number of ether oxygens (including phenoxy) is 1. The van der Waals surface area contributed by atoms with Crippen LogP contribution in [0.1, 0.15) is 25.3 Å². The third-order valence-electron chi connectivity index (χ3n) is 2.38. The van der Waals surface area contributed by atoms with Gasteiger partial charge in [-0.1, -0.05) is 26.0 Å². The monoisotopic (exact) mass is 262 g/mol. The molecule has 0 N–H and O–H groups in total. The van der Waals surface area contributed by atoms with E-state index in [0.717, 1.165) is 0 Å². The Bertz CT molecular complexity index is 377. The van der Waals surface area contributed by atoms with Crippen molar-refractivity contribution in [1.82, 2.24) is 0 Å². The predicted molar refractivity (Wildman–Crippen MR) is 61.5 cm³/mol. The zero-order valence-electron chi connectivity index (χ0n) is 9.49. The molecule has 1 rings (SSSR count). The van der Waals surface area contributed by atoms with Crippen LogP contribution in [0.4, 0.5) is 8.78 Å². The zero-order valence-corrected chi connectivity index (χ0v) is 10.2. The van der Waals surface area contributed by atoms with E-state index in [9.17, 15) is 13.6 Å². The van der Waals surface area contributed by atoms with Crippen molar-refractivity contribution in [3.63, 3.8) is 0 Å². The highest BCUT2D eigenvalue weighted by atomic mass is 35.5. The van der Waals surface area contributed by atoms with Crippen LogP contribution in [0.5, 0.6) is 5.75 Å². The zero-order chi connectivity index (χ0) is 13.0. The van der Waals surface area contributed by atoms with E-state index in [4.69, 9.17) is 11.6 Å². The number of alkyl halides is 2.